The number of carboxylic acid groups (broad SMARTS) is 1. The van der Waals surface area contributed by atoms with Crippen LogP contribution in [0.3, 0.4) is 0 Å². The van der Waals surface area contributed by atoms with Crippen LogP contribution in [0, 0.1) is 5.41 Å². The third-order valence-electron chi connectivity index (χ3n) is 8.43. The summed E-state index contributed by atoms with van der Waals surface area (Å²) in [7, 11) is 0. The fourth-order valence-corrected chi connectivity index (χ4v) is 6.08. The predicted octanol–water partition coefficient (Wildman–Crippen LogP) is 9.22. The second-order valence-corrected chi connectivity index (χ2v) is 12.8. The summed E-state index contributed by atoms with van der Waals surface area (Å²) in [5, 5.41) is 10.3. The molecule has 39 heavy (non-hydrogen) atoms. The van der Waals surface area contributed by atoms with E-state index in [1.807, 2.05) is 39.0 Å². The van der Waals surface area contributed by atoms with Crippen LogP contribution in [0.15, 0.2) is 30.3 Å². The maximum absolute atomic E-state index is 13.2. The van der Waals surface area contributed by atoms with Gasteiger partial charge in [0, 0.05) is 0 Å². The molecule has 0 bridgehead atoms. The maximum atomic E-state index is 13.2. The summed E-state index contributed by atoms with van der Waals surface area (Å²) in [4.78, 5) is 27.3. The minimum absolute atomic E-state index is 0.182. The van der Waals surface area contributed by atoms with Crippen molar-refractivity contribution in [3.63, 3.8) is 0 Å². The second-order valence-electron chi connectivity index (χ2n) is 12.8. The molecular weight excluding hydrogens is 490 g/mol. The number of ether oxygens (including phenoxy) is 2. The van der Waals surface area contributed by atoms with Crippen molar-refractivity contribution >= 4 is 12.1 Å². The van der Waals surface area contributed by atoms with E-state index in [1.54, 1.807) is 26.0 Å². The van der Waals surface area contributed by atoms with Gasteiger partial charge in [-0.05, 0) is 44.2 Å². The minimum atomic E-state index is -1.06. The van der Waals surface area contributed by atoms with Crippen LogP contribution < -0.4 is 0 Å². The van der Waals surface area contributed by atoms with Crippen LogP contribution >= 0.6 is 0 Å². The Balaban J connectivity index is 2.01. The molecular formula is C33H55NO5. The fourth-order valence-electron chi connectivity index (χ4n) is 6.08. The van der Waals surface area contributed by atoms with Gasteiger partial charge in [-0.15, -0.1) is 0 Å². The van der Waals surface area contributed by atoms with Crippen LogP contribution in [0.1, 0.15) is 142 Å². The lowest BCUT2D eigenvalue weighted by Crippen LogP contribution is -2.67. The van der Waals surface area contributed by atoms with E-state index in [4.69, 9.17) is 9.47 Å². The molecule has 0 spiro atoms. The second kappa shape index (κ2) is 15.6. The lowest BCUT2D eigenvalue weighted by Gasteiger charge is -2.51. The number of unbranched alkanes of at least 4 members (excludes halogenated alkanes) is 12. The smallest absolute Gasteiger partial charge is 0.410 e. The number of amides is 1. The standard InChI is InChI=1S/C33H55NO5/c1-7-8-9-10-11-12-13-14-15-16-17-18-22-25-28(39-29(35)27-23-20-19-21-24-27)33(31(2,3)4)26-38-32(5,6)34(33)30(36)37/h19-21,23-24,28H,7-18,22,25-26H2,1-6H3,(H,36,37)/t28-,33?/m1/s1. The Hall–Kier alpha value is -2.08. The molecule has 6 nitrogen and oxygen atoms in total. The average molecular weight is 546 g/mol. The monoisotopic (exact) mass is 545 g/mol. The van der Waals surface area contributed by atoms with Crippen molar-refractivity contribution in [2.45, 2.75) is 149 Å². The topological polar surface area (TPSA) is 76.1 Å². The summed E-state index contributed by atoms with van der Waals surface area (Å²) < 4.78 is 12.3. The highest BCUT2D eigenvalue weighted by Gasteiger charge is 2.64. The molecule has 6 heteroatoms. The summed E-state index contributed by atoms with van der Waals surface area (Å²) in [6, 6.07) is 8.95. The lowest BCUT2D eigenvalue weighted by molar-refractivity contribution is -0.0992. The molecule has 1 unspecified atom stereocenters. The van der Waals surface area contributed by atoms with E-state index in [0.717, 1.165) is 19.3 Å². The van der Waals surface area contributed by atoms with E-state index in [2.05, 4.69) is 6.92 Å². The molecule has 2 rings (SSSR count). The van der Waals surface area contributed by atoms with Crippen LogP contribution in [0.2, 0.25) is 0 Å². The Morgan fingerprint density at radius 1 is 0.897 bits per heavy atom. The Kier molecular flexibility index (Phi) is 13.3. The molecule has 0 radical (unpaired) electrons. The van der Waals surface area contributed by atoms with Gasteiger partial charge in [0.15, 0.2) is 0 Å². The molecule has 0 saturated carbocycles. The zero-order chi connectivity index (χ0) is 28.9. The largest absolute Gasteiger partial charge is 0.465 e. The van der Waals surface area contributed by atoms with Gasteiger partial charge < -0.3 is 14.6 Å². The maximum Gasteiger partial charge on any atom is 0.410 e. The van der Waals surface area contributed by atoms with Crippen molar-refractivity contribution in [1.29, 1.82) is 0 Å². The first-order valence-corrected chi connectivity index (χ1v) is 15.4. The molecule has 0 aliphatic carbocycles. The number of hydrogen-bond donors (Lipinski definition) is 1. The van der Waals surface area contributed by atoms with E-state index in [9.17, 15) is 14.7 Å². The molecule has 1 aliphatic rings. The molecule has 222 valence electrons. The van der Waals surface area contributed by atoms with Gasteiger partial charge in [0.25, 0.3) is 0 Å². The molecule has 0 aromatic heterocycles. The van der Waals surface area contributed by atoms with Gasteiger partial charge in [0.05, 0.1) is 12.2 Å². The number of carbonyl (C=O) groups excluding carboxylic acids is 1. The minimum Gasteiger partial charge on any atom is -0.465 e. The molecule has 1 aromatic carbocycles. The third kappa shape index (κ3) is 9.23. The lowest BCUT2D eigenvalue weighted by atomic mass is 9.68. The Bertz CT molecular complexity index is 863. The van der Waals surface area contributed by atoms with Gasteiger partial charge in [-0.2, -0.15) is 0 Å². The van der Waals surface area contributed by atoms with Crippen molar-refractivity contribution in [3.05, 3.63) is 35.9 Å². The molecule has 1 fully saturated rings. The molecule has 1 amide bonds. The molecule has 2 atom stereocenters. The van der Waals surface area contributed by atoms with Gasteiger partial charge in [-0.25, -0.2) is 9.59 Å². The third-order valence-corrected chi connectivity index (χ3v) is 8.43. The number of benzene rings is 1. The van der Waals surface area contributed by atoms with Crippen molar-refractivity contribution in [2.24, 2.45) is 5.41 Å². The predicted molar refractivity (Wildman–Crippen MR) is 158 cm³/mol. The van der Waals surface area contributed by atoms with Gasteiger partial charge in [-0.1, -0.05) is 123 Å². The van der Waals surface area contributed by atoms with E-state index >= 15 is 0 Å². The highest BCUT2D eigenvalue weighted by atomic mass is 16.6. The quantitative estimate of drug-likeness (QED) is 0.156. The van der Waals surface area contributed by atoms with Crippen molar-refractivity contribution in [1.82, 2.24) is 4.90 Å². The average Bonchev–Trinajstić information content (AvgIpc) is 3.18. The summed E-state index contributed by atoms with van der Waals surface area (Å²) in [6.45, 7) is 12.0. The molecule has 1 heterocycles. The van der Waals surface area contributed by atoms with Crippen molar-refractivity contribution in [3.8, 4) is 0 Å². The first kappa shape index (κ1) is 33.1. The van der Waals surface area contributed by atoms with E-state index < -0.39 is 34.8 Å². The first-order chi connectivity index (χ1) is 18.5. The Morgan fingerprint density at radius 2 is 1.38 bits per heavy atom. The van der Waals surface area contributed by atoms with Gasteiger partial charge >= 0.3 is 12.1 Å². The molecule has 1 aromatic rings. The number of esters is 1. The van der Waals surface area contributed by atoms with Gasteiger partial charge in [0.1, 0.15) is 17.4 Å². The van der Waals surface area contributed by atoms with Crippen molar-refractivity contribution in [2.75, 3.05) is 6.61 Å². The summed E-state index contributed by atoms with van der Waals surface area (Å²) in [5.74, 6) is -0.422. The summed E-state index contributed by atoms with van der Waals surface area (Å²) in [5.41, 5.74) is -2.09. The zero-order valence-electron chi connectivity index (χ0n) is 25.6. The van der Waals surface area contributed by atoms with E-state index in [0.29, 0.717) is 12.0 Å². The molecule has 1 aliphatic heterocycles. The summed E-state index contributed by atoms with van der Waals surface area (Å²) in [6.07, 6.45) is 15.2. The number of rotatable bonds is 17. The Labute approximate surface area is 237 Å². The van der Waals surface area contributed by atoms with Crippen LogP contribution in [0.4, 0.5) is 4.79 Å². The molecule has 1 N–H and O–H groups in total. The van der Waals surface area contributed by atoms with Crippen LogP contribution in [0.25, 0.3) is 0 Å². The number of nitrogens with zero attached hydrogens (tertiary/aromatic N) is 1. The first-order valence-electron chi connectivity index (χ1n) is 15.4. The summed E-state index contributed by atoms with van der Waals surface area (Å²) >= 11 is 0. The highest BCUT2D eigenvalue weighted by Crippen LogP contribution is 2.50. The zero-order valence-corrected chi connectivity index (χ0v) is 25.6. The van der Waals surface area contributed by atoms with Crippen LogP contribution in [-0.2, 0) is 9.47 Å². The number of hydrogen-bond acceptors (Lipinski definition) is 4. The Morgan fingerprint density at radius 3 is 1.85 bits per heavy atom. The molecule has 1 saturated heterocycles. The SMILES string of the molecule is CCCCCCCCCCCCCCC[C@@H](OC(=O)c1ccccc1)C1(C(C)(C)C)COC(C)(C)N1C(=O)O. The van der Waals surface area contributed by atoms with Gasteiger partial charge in [0.2, 0.25) is 0 Å². The van der Waals surface area contributed by atoms with Gasteiger partial charge in [-0.3, -0.25) is 4.90 Å². The highest BCUT2D eigenvalue weighted by molar-refractivity contribution is 5.89. The normalized spacial score (nSPS) is 19.7. The van der Waals surface area contributed by atoms with E-state index in [-0.39, 0.29) is 6.61 Å². The van der Waals surface area contributed by atoms with Crippen molar-refractivity contribution < 1.29 is 24.2 Å². The van der Waals surface area contributed by atoms with E-state index in [1.165, 1.54) is 69.1 Å². The van der Waals surface area contributed by atoms with Crippen LogP contribution in [-0.4, -0.2) is 46.0 Å². The number of carbonyl (C=O) groups is 2. The van der Waals surface area contributed by atoms with Crippen LogP contribution in [0.5, 0.6) is 0 Å². The fraction of sp³-hybridized carbons (Fsp3) is 0.758.